The molecule has 0 saturated carbocycles. The summed E-state index contributed by atoms with van der Waals surface area (Å²) in [4.78, 5) is 11.1. The first kappa shape index (κ1) is 18.7. The molecule has 134 valence electrons. The quantitative estimate of drug-likeness (QED) is 0.782. The number of nitrogens with one attached hydrogen (secondary N) is 1. The minimum Gasteiger partial charge on any atom is -0.478 e. The second kappa shape index (κ2) is 6.71. The lowest BCUT2D eigenvalue weighted by Crippen LogP contribution is -2.20. The molecule has 10 heteroatoms. The van der Waals surface area contributed by atoms with Crippen LogP contribution in [0.15, 0.2) is 42.5 Å². The third-order valence-electron chi connectivity index (χ3n) is 3.15. The maximum Gasteiger partial charge on any atom is 0.418 e. The predicted octanol–water partition coefficient (Wildman–Crippen LogP) is 3.48. The molecule has 2 N–H and O–H groups in total. The van der Waals surface area contributed by atoms with Gasteiger partial charge in [0.2, 0.25) is 10.0 Å². The van der Waals surface area contributed by atoms with Crippen LogP contribution in [0.2, 0.25) is 0 Å². The van der Waals surface area contributed by atoms with Crippen molar-refractivity contribution in [2.45, 2.75) is 11.9 Å². The van der Waals surface area contributed by atoms with Gasteiger partial charge < -0.3 is 5.11 Å². The number of carboxylic acid groups (broad SMARTS) is 1. The molecule has 0 aliphatic rings. The summed E-state index contributed by atoms with van der Waals surface area (Å²) in [6.45, 7) is 0. The Balaban J connectivity index is 2.37. The second-order valence-electron chi connectivity index (χ2n) is 5.01. The highest BCUT2D eigenvalue weighted by Crippen LogP contribution is 2.35. The number of benzene rings is 2. The lowest BCUT2D eigenvalue weighted by Gasteiger charge is -2.15. The van der Waals surface area contributed by atoms with Crippen LogP contribution in [0, 0.1) is 5.82 Å². The van der Waals surface area contributed by atoms with Gasteiger partial charge in [0.05, 0.1) is 22.6 Å². The average Bonchev–Trinajstić information content (AvgIpc) is 2.47. The molecule has 0 aromatic heterocycles. The second-order valence-corrected chi connectivity index (χ2v) is 6.73. The standard InChI is InChI=1S/C15H11F4NO4S/c16-10-5-6-13(12(7-10)15(17,18)19)20-25(23,24)8-9-3-1-2-4-11(9)14(21)22/h1-7,20H,8H2,(H,21,22). The van der Waals surface area contributed by atoms with Gasteiger partial charge in [-0.15, -0.1) is 0 Å². The Hall–Kier alpha value is -2.62. The molecule has 25 heavy (non-hydrogen) atoms. The summed E-state index contributed by atoms with van der Waals surface area (Å²) < 4.78 is 77.8. The van der Waals surface area contributed by atoms with Gasteiger partial charge in [-0.25, -0.2) is 17.6 Å². The number of carbonyl (C=O) groups is 1. The fraction of sp³-hybridized carbons (Fsp3) is 0.133. The van der Waals surface area contributed by atoms with Gasteiger partial charge in [-0.2, -0.15) is 13.2 Å². The average molecular weight is 377 g/mol. The molecular weight excluding hydrogens is 366 g/mol. The molecule has 0 fully saturated rings. The Kier molecular flexibility index (Phi) is 5.02. The minimum atomic E-state index is -4.97. The van der Waals surface area contributed by atoms with Crippen molar-refractivity contribution in [1.29, 1.82) is 0 Å². The summed E-state index contributed by atoms with van der Waals surface area (Å²) in [5.41, 5.74) is -2.72. The number of halogens is 4. The highest BCUT2D eigenvalue weighted by atomic mass is 32.2. The van der Waals surface area contributed by atoms with Crippen LogP contribution in [-0.2, 0) is 22.0 Å². The largest absolute Gasteiger partial charge is 0.478 e. The van der Waals surface area contributed by atoms with E-state index >= 15 is 0 Å². The van der Waals surface area contributed by atoms with Gasteiger partial charge in [0.25, 0.3) is 0 Å². The molecule has 0 heterocycles. The lowest BCUT2D eigenvalue weighted by atomic mass is 10.1. The Bertz CT molecular complexity index is 910. The van der Waals surface area contributed by atoms with Crippen molar-refractivity contribution in [3.63, 3.8) is 0 Å². The summed E-state index contributed by atoms with van der Waals surface area (Å²) >= 11 is 0. The topological polar surface area (TPSA) is 83.5 Å². The molecule has 2 aromatic rings. The van der Waals surface area contributed by atoms with E-state index in [1.807, 2.05) is 0 Å². The molecule has 2 aromatic carbocycles. The van der Waals surface area contributed by atoms with E-state index in [0.29, 0.717) is 12.1 Å². The van der Waals surface area contributed by atoms with Crippen LogP contribution in [0.3, 0.4) is 0 Å². The Morgan fingerprint density at radius 1 is 1.12 bits per heavy atom. The van der Waals surface area contributed by atoms with Gasteiger partial charge in [-0.3, -0.25) is 4.72 Å². The Morgan fingerprint density at radius 3 is 2.36 bits per heavy atom. The minimum absolute atomic E-state index is 0.0989. The number of rotatable bonds is 5. The van der Waals surface area contributed by atoms with Crippen molar-refractivity contribution in [3.8, 4) is 0 Å². The van der Waals surface area contributed by atoms with E-state index in [9.17, 15) is 30.8 Å². The first-order chi connectivity index (χ1) is 11.5. The van der Waals surface area contributed by atoms with Crippen molar-refractivity contribution in [1.82, 2.24) is 0 Å². The maximum atomic E-state index is 13.1. The zero-order valence-electron chi connectivity index (χ0n) is 12.3. The smallest absolute Gasteiger partial charge is 0.418 e. The molecule has 0 radical (unpaired) electrons. The third kappa shape index (κ3) is 4.69. The van der Waals surface area contributed by atoms with Crippen molar-refractivity contribution >= 4 is 21.7 Å². The van der Waals surface area contributed by atoms with Crippen molar-refractivity contribution in [2.75, 3.05) is 4.72 Å². The van der Waals surface area contributed by atoms with Gasteiger partial charge in [0.15, 0.2) is 0 Å². The monoisotopic (exact) mass is 377 g/mol. The van der Waals surface area contributed by atoms with Crippen LogP contribution >= 0.6 is 0 Å². The number of anilines is 1. The van der Waals surface area contributed by atoms with E-state index in [-0.39, 0.29) is 17.2 Å². The number of alkyl halides is 3. The molecular formula is C15H11F4NO4S. The Labute approximate surface area is 140 Å². The van der Waals surface area contributed by atoms with E-state index in [4.69, 9.17) is 5.11 Å². The summed E-state index contributed by atoms with van der Waals surface area (Å²) in [6.07, 6.45) is -4.97. The molecule has 0 aliphatic carbocycles. The first-order valence-electron chi connectivity index (χ1n) is 6.68. The molecule has 0 saturated heterocycles. The SMILES string of the molecule is O=C(O)c1ccccc1CS(=O)(=O)Nc1ccc(F)cc1C(F)(F)F. The fourth-order valence-corrected chi connectivity index (χ4v) is 3.35. The summed E-state index contributed by atoms with van der Waals surface area (Å²) in [7, 11) is -4.38. The first-order valence-corrected chi connectivity index (χ1v) is 8.33. The molecule has 5 nitrogen and oxygen atoms in total. The van der Waals surface area contributed by atoms with E-state index in [1.165, 1.54) is 24.3 Å². The van der Waals surface area contributed by atoms with Gasteiger partial charge in [0.1, 0.15) is 5.82 Å². The summed E-state index contributed by atoms with van der Waals surface area (Å²) in [5.74, 6) is -3.40. The van der Waals surface area contributed by atoms with Crippen LogP contribution < -0.4 is 4.72 Å². The van der Waals surface area contributed by atoms with Gasteiger partial charge in [0, 0.05) is 0 Å². The molecule has 0 atom stereocenters. The van der Waals surface area contributed by atoms with E-state index < -0.39 is 45.0 Å². The highest BCUT2D eigenvalue weighted by Gasteiger charge is 2.35. The van der Waals surface area contributed by atoms with Crippen molar-refractivity contribution in [3.05, 3.63) is 65.0 Å². The molecule has 0 aliphatic heterocycles. The lowest BCUT2D eigenvalue weighted by molar-refractivity contribution is -0.137. The maximum absolute atomic E-state index is 13.1. The third-order valence-corrected chi connectivity index (χ3v) is 4.37. The predicted molar refractivity (Wildman–Crippen MR) is 81.0 cm³/mol. The van der Waals surface area contributed by atoms with Crippen LogP contribution in [0.1, 0.15) is 21.5 Å². The molecule has 0 spiro atoms. The van der Waals surface area contributed by atoms with Crippen LogP contribution in [-0.4, -0.2) is 19.5 Å². The van der Waals surface area contributed by atoms with E-state index in [1.54, 1.807) is 4.72 Å². The van der Waals surface area contributed by atoms with Gasteiger partial charge in [-0.1, -0.05) is 18.2 Å². The molecule has 0 unspecified atom stereocenters. The summed E-state index contributed by atoms with van der Waals surface area (Å²) in [6, 6.07) is 6.69. The molecule has 0 bridgehead atoms. The molecule has 0 amide bonds. The van der Waals surface area contributed by atoms with Crippen LogP contribution in [0.25, 0.3) is 0 Å². The molecule has 2 rings (SSSR count). The Morgan fingerprint density at radius 2 is 1.76 bits per heavy atom. The van der Waals surface area contributed by atoms with Crippen LogP contribution in [0.5, 0.6) is 0 Å². The summed E-state index contributed by atoms with van der Waals surface area (Å²) in [5, 5.41) is 9.03. The van der Waals surface area contributed by atoms with Gasteiger partial charge in [-0.05, 0) is 29.8 Å². The number of hydrogen-bond acceptors (Lipinski definition) is 3. The zero-order chi connectivity index (χ0) is 18.8. The van der Waals surface area contributed by atoms with Crippen molar-refractivity contribution in [2.24, 2.45) is 0 Å². The number of sulfonamides is 1. The van der Waals surface area contributed by atoms with E-state index in [0.717, 1.165) is 0 Å². The van der Waals surface area contributed by atoms with E-state index in [2.05, 4.69) is 0 Å². The highest BCUT2D eigenvalue weighted by molar-refractivity contribution is 7.91. The number of carboxylic acids is 1. The van der Waals surface area contributed by atoms with Crippen LogP contribution in [0.4, 0.5) is 23.2 Å². The zero-order valence-corrected chi connectivity index (χ0v) is 13.2. The van der Waals surface area contributed by atoms with Gasteiger partial charge >= 0.3 is 12.1 Å². The number of hydrogen-bond donors (Lipinski definition) is 2. The number of aromatic carboxylic acids is 1. The van der Waals surface area contributed by atoms with Crippen molar-refractivity contribution < 1.29 is 35.9 Å². The normalized spacial score (nSPS) is 12.0. The fourth-order valence-electron chi connectivity index (χ4n) is 2.10.